The number of anilines is 1. The van der Waals surface area contributed by atoms with Gasteiger partial charge in [-0.05, 0) is 49.4 Å². The molecule has 0 spiro atoms. The summed E-state index contributed by atoms with van der Waals surface area (Å²) < 4.78 is 1.25. The zero-order valence-electron chi connectivity index (χ0n) is 16.3. The van der Waals surface area contributed by atoms with E-state index in [2.05, 4.69) is 21.4 Å². The van der Waals surface area contributed by atoms with Crippen LogP contribution >= 0.6 is 0 Å². The van der Waals surface area contributed by atoms with Gasteiger partial charge in [0.2, 0.25) is 0 Å². The number of pyridine rings is 2. The van der Waals surface area contributed by atoms with Crippen LogP contribution in [0.3, 0.4) is 0 Å². The second kappa shape index (κ2) is 7.93. The Labute approximate surface area is 173 Å². The molecule has 0 atom stereocenters. The van der Waals surface area contributed by atoms with Gasteiger partial charge in [0, 0.05) is 23.1 Å². The lowest BCUT2D eigenvalue weighted by Gasteiger charge is -2.05. The van der Waals surface area contributed by atoms with Gasteiger partial charge < -0.3 is 16.1 Å². The van der Waals surface area contributed by atoms with E-state index in [9.17, 15) is 0 Å². The number of nitrogen functional groups attached to an aromatic ring is 1. The molecule has 4 rings (SSSR count). The van der Waals surface area contributed by atoms with Crippen molar-refractivity contribution in [2.45, 2.75) is 13.5 Å². The Bertz CT molecular complexity index is 1310. The van der Waals surface area contributed by atoms with Crippen molar-refractivity contribution in [3.63, 3.8) is 0 Å². The predicted octanol–water partition coefficient (Wildman–Crippen LogP) is 2.93. The average Bonchev–Trinajstić information content (AvgIpc) is 3.19. The molecule has 5 N–H and O–H groups in total. The highest BCUT2D eigenvalue weighted by molar-refractivity contribution is 5.76. The normalized spacial score (nSPS) is 10.5. The fourth-order valence-corrected chi connectivity index (χ4v) is 3.12. The van der Waals surface area contributed by atoms with Crippen molar-refractivity contribution >= 4 is 5.69 Å². The maximum absolute atomic E-state index is 9.07. The fourth-order valence-electron chi connectivity index (χ4n) is 3.12. The number of aromatic nitrogens is 4. The Balaban J connectivity index is 1.72. The van der Waals surface area contributed by atoms with Crippen LogP contribution in [0.1, 0.15) is 17.1 Å². The fraction of sp³-hybridized carbons (Fsp3) is 0.0909. The molecule has 0 fully saturated rings. The van der Waals surface area contributed by atoms with E-state index < -0.39 is 0 Å². The third kappa shape index (κ3) is 3.91. The topological polar surface area (TPSA) is 132 Å². The van der Waals surface area contributed by atoms with Crippen molar-refractivity contribution in [2.24, 2.45) is 0 Å². The molecule has 0 aliphatic carbocycles. The molecule has 3 aromatic heterocycles. The Hall–Kier alpha value is -4.38. The van der Waals surface area contributed by atoms with Crippen LogP contribution in [0.5, 0.6) is 0 Å². The molecule has 0 saturated heterocycles. The number of benzene rings is 1. The molecule has 1 aromatic carbocycles. The summed E-state index contributed by atoms with van der Waals surface area (Å²) in [5.74, 6) is 6.59. The Morgan fingerprint density at radius 3 is 2.77 bits per heavy atom. The summed E-state index contributed by atoms with van der Waals surface area (Å²) >= 11 is 0. The SMILES string of the molecule is Cc1cccc(-c2[nH]c(CNc3cccc(C#N)c3)nc2-c2ccc(=N)n(N)c2)n1. The minimum Gasteiger partial charge on any atom is -0.378 e. The first-order valence-electron chi connectivity index (χ1n) is 9.33. The van der Waals surface area contributed by atoms with Crippen molar-refractivity contribution in [3.8, 4) is 28.7 Å². The van der Waals surface area contributed by atoms with Crippen LogP contribution < -0.4 is 16.6 Å². The largest absolute Gasteiger partial charge is 0.378 e. The van der Waals surface area contributed by atoms with Gasteiger partial charge in [-0.1, -0.05) is 12.1 Å². The quantitative estimate of drug-likeness (QED) is 0.385. The molecule has 148 valence electrons. The average molecular weight is 396 g/mol. The predicted molar refractivity (Wildman–Crippen MR) is 114 cm³/mol. The lowest BCUT2D eigenvalue weighted by molar-refractivity contribution is 0.881. The number of nitrogens with two attached hydrogens (primary N) is 1. The maximum atomic E-state index is 9.07. The molecule has 8 heteroatoms. The van der Waals surface area contributed by atoms with Gasteiger partial charge in [-0.25, -0.2) is 4.98 Å². The van der Waals surface area contributed by atoms with Gasteiger partial charge in [-0.2, -0.15) is 5.26 Å². The van der Waals surface area contributed by atoms with Crippen molar-refractivity contribution in [3.05, 3.63) is 83.4 Å². The van der Waals surface area contributed by atoms with Crippen molar-refractivity contribution in [1.29, 1.82) is 10.7 Å². The highest BCUT2D eigenvalue weighted by atomic mass is 15.3. The molecule has 0 saturated carbocycles. The standard InChI is InChI=1S/C22H20N8/c1-14-4-2-7-18(27-14)22-21(16-8-9-19(24)30(25)13-16)28-20(29-22)12-26-17-6-3-5-15(10-17)11-23/h2-10,13,24,26H,12,25H2,1H3,(H,28,29). The van der Waals surface area contributed by atoms with Crippen LogP contribution in [0.15, 0.2) is 60.8 Å². The minimum absolute atomic E-state index is 0.198. The van der Waals surface area contributed by atoms with Crippen LogP contribution in [0, 0.1) is 23.7 Å². The van der Waals surface area contributed by atoms with E-state index >= 15 is 0 Å². The van der Waals surface area contributed by atoms with E-state index in [1.807, 2.05) is 43.3 Å². The number of nitrogens with zero attached hydrogens (tertiary/aromatic N) is 4. The number of nitrogens with one attached hydrogen (secondary N) is 3. The summed E-state index contributed by atoms with van der Waals surface area (Å²) in [4.78, 5) is 12.7. The van der Waals surface area contributed by atoms with Gasteiger partial charge >= 0.3 is 0 Å². The lowest BCUT2D eigenvalue weighted by atomic mass is 10.1. The molecule has 3 heterocycles. The number of aromatic amines is 1. The molecule has 0 radical (unpaired) electrons. The number of hydrogen-bond donors (Lipinski definition) is 4. The second-order valence-corrected chi connectivity index (χ2v) is 6.83. The maximum Gasteiger partial charge on any atom is 0.143 e. The van der Waals surface area contributed by atoms with Gasteiger partial charge in [0.05, 0.1) is 35.3 Å². The van der Waals surface area contributed by atoms with Gasteiger partial charge in [-0.3, -0.25) is 15.1 Å². The summed E-state index contributed by atoms with van der Waals surface area (Å²) in [6.07, 6.45) is 1.67. The summed E-state index contributed by atoms with van der Waals surface area (Å²) in [5.41, 5.74) is 5.55. The summed E-state index contributed by atoms with van der Waals surface area (Å²) in [6, 6.07) is 18.7. The number of aryl methyl sites for hydroxylation is 1. The lowest BCUT2D eigenvalue weighted by Crippen LogP contribution is -2.25. The highest BCUT2D eigenvalue weighted by Gasteiger charge is 2.16. The first-order chi connectivity index (χ1) is 14.5. The molecule has 0 bridgehead atoms. The van der Waals surface area contributed by atoms with Crippen molar-refractivity contribution in [2.75, 3.05) is 11.2 Å². The molecule has 0 aliphatic rings. The number of hydrogen-bond acceptors (Lipinski definition) is 6. The van der Waals surface area contributed by atoms with Crippen LogP contribution in [-0.4, -0.2) is 19.6 Å². The minimum atomic E-state index is 0.198. The van der Waals surface area contributed by atoms with E-state index in [4.69, 9.17) is 21.5 Å². The smallest absolute Gasteiger partial charge is 0.143 e. The Morgan fingerprint density at radius 2 is 2.00 bits per heavy atom. The Kier molecular flexibility index (Phi) is 5.01. The zero-order valence-corrected chi connectivity index (χ0v) is 16.3. The van der Waals surface area contributed by atoms with E-state index in [0.29, 0.717) is 23.6 Å². The monoisotopic (exact) mass is 396 g/mol. The van der Waals surface area contributed by atoms with Gasteiger partial charge in [0.15, 0.2) is 0 Å². The van der Waals surface area contributed by atoms with Crippen molar-refractivity contribution < 1.29 is 0 Å². The number of nitriles is 1. The Morgan fingerprint density at radius 1 is 1.17 bits per heavy atom. The molecular formula is C22H20N8. The van der Waals surface area contributed by atoms with Gasteiger partial charge in [-0.15, -0.1) is 0 Å². The summed E-state index contributed by atoms with van der Waals surface area (Å²) in [5, 5.41) is 20.1. The molecule has 8 nitrogen and oxygen atoms in total. The summed E-state index contributed by atoms with van der Waals surface area (Å²) in [6.45, 7) is 2.37. The molecular weight excluding hydrogens is 376 g/mol. The first kappa shape index (κ1) is 19.0. The number of imidazole rings is 1. The molecule has 0 aliphatic heterocycles. The second-order valence-electron chi connectivity index (χ2n) is 6.83. The van der Waals surface area contributed by atoms with E-state index in [1.165, 1.54) is 4.68 Å². The van der Waals surface area contributed by atoms with Gasteiger partial charge in [0.25, 0.3) is 0 Å². The van der Waals surface area contributed by atoms with Crippen LogP contribution in [0.2, 0.25) is 0 Å². The van der Waals surface area contributed by atoms with E-state index in [0.717, 1.165) is 28.3 Å². The third-order valence-corrected chi connectivity index (χ3v) is 4.60. The van der Waals surface area contributed by atoms with Gasteiger partial charge in [0.1, 0.15) is 11.3 Å². The van der Waals surface area contributed by atoms with Crippen molar-refractivity contribution in [1.82, 2.24) is 19.6 Å². The highest BCUT2D eigenvalue weighted by Crippen LogP contribution is 2.29. The molecule has 0 amide bonds. The van der Waals surface area contributed by atoms with Crippen LogP contribution in [0.25, 0.3) is 22.6 Å². The van der Waals surface area contributed by atoms with E-state index in [-0.39, 0.29) is 5.49 Å². The van der Waals surface area contributed by atoms with E-state index in [1.54, 1.807) is 24.4 Å². The summed E-state index contributed by atoms with van der Waals surface area (Å²) in [7, 11) is 0. The third-order valence-electron chi connectivity index (χ3n) is 4.60. The number of rotatable bonds is 5. The molecule has 30 heavy (non-hydrogen) atoms. The zero-order chi connectivity index (χ0) is 21.1. The number of H-pyrrole nitrogens is 1. The van der Waals surface area contributed by atoms with Crippen LogP contribution in [0.4, 0.5) is 5.69 Å². The van der Waals surface area contributed by atoms with Crippen LogP contribution in [-0.2, 0) is 6.54 Å². The first-order valence-corrected chi connectivity index (χ1v) is 9.33. The molecule has 0 unspecified atom stereocenters. The molecule has 4 aromatic rings.